The second-order valence-corrected chi connectivity index (χ2v) is 8.94. The summed E-state index contributed by atoms with van der Waals surface area (Å²) in [5, 5.41) is 5.78. The van der Waals surface area contributed by atoms with Crippen LogP contribution >= 0.6 is 27.3 Å². The van der Waals surface area contributed by atoms with E-state index in [-0.39, 0.29) is 12.1 Å². The molecule has 0 bridgehead atoms. The van der Waals surface area contributed by atoms with Crippen molar-refractivity contribution >= 4 is 33.4 Å². The van der Waals surface area contributed by atoms with E-state index < -0.39 is 5.60 Å². The fraction of sp³-hybridized carbons (Fsp3) is 0.706. The third-order valence-corrected chi connectivity index (χ3v) is 5.90. The number of rotatable bonds is 3. The average molecular weight is 403 g/mol. The average Bonchev–Trinajstić information content (AvgIpc) is 2.72. The second-order valence-electron chi connectivity index (χ2n) is 7.14. The molecular formula is C17H27BrN2O2S. The molecule has 2 atom stereocenters. The highest BCUT2D eigenvalue weighted by atomic mass is 79.9. The van der Waals surface area contributed by atoms with Crippen molar-refractivity contribution in [3.8, 4) is 0 Å². The van der Waals surface area contributed by atoms with Crippen LogP contribution in [0.1, 0.15) is 57.9 Å². The minimum atomic E-state index is -0.443. The molecule has 0 spiro atoms. The third kappa shape index (κ3) is 5.76. The van der Waals surface area contributed by atoms with E-state index in [1.165, 1.54) is 4.88 Å². The summed E-state index contributed by atoms with van der Waals surface area (Å²) in [6.45, 7) is 9.41. The summed E-state index contributed by atoms with van der Waals surface area (Å²) in [5.41, 5.74) is -0.443. The first kappa shape index (κ1) is 18.7. The lowest BCUT2D eigenvalue weighted by atomic mass is 10.1. The number of halogens is 1. The molecule has 1 aliphatic heterocycles. The van der Waals surface area contributed by atoms with Gasteiger partial charge in [0.2, 0.25) is 0 Å². The number of amides is 1. The zero-order valence-corrected chi connectivity index (χ0v) is 16.8. The maximum absolute atomic E-state index is 12.4. The number of hydrogen-bond donors (Lipinski definition) is 1. The van der Waals surface area contributed by atoms with Gasteiger partial charge in [-0.25, -0.2) is 4.79 Å². The predicted octanol–water partition coefficient (Wildman–Crippen LogP) is 4.95. The minimum absolute atomic E-state index is 0.198. The van der Waals surface area contributed by atoms with E-state index in [1.807, 2.05) is 25.7 Å². The van der Waals surface area contributed by atoms with Crippen LogP contribution in [0.5, 0.6) is 0 Å². The molecule has 6 heteroatoms. The molecule has 2 rings (SSSR count). The van der Waals surface area contributed by atoms with Crippen molar-refractivity contribution in [3.05, 3.63) is 20.8 Å². The van der Waals surface area contributed by atoms with Crippen LogP contribution in [-0.4, -0.2) is 35.7 Å². The minimum Gasteiger partial charge on any atom is -0.444 e. The fourth-order valence-corrected chi connectivity index (χ4v) is 4.55. The van der Waals surface area contributed by atoms with Gasteiger partial charge in [0, 0.05) is 34.5 Å². The molecule has 1 amide bonds. The molecule has 130 valence electrons. The number of carbonyl (C=O) groups is 1. The van der Waals surface area contributed by atoms with Gasteiger partial charge in [0.25, 0.3) is 0 Å². The van der Waals surface area contributed by atoms with Crippen molar-refractivity contribution in [2.75, 3.05) is 13.1 Å². The van der Waals surface area contributed by atoms with E-state index in [4.69, 9.17) is 4.74 Å². The first-order valence-electron chi connectivity index (χ1n) is 8.23. The maximum atomic E-state index is 12.4. The number of carbonyl (C=O) groups excluding carboxylic acids is 1. The standard InChI is InChI=1S/C17H27BrN2O2S/c1-12(15-14(18)8-10-23-15)19-13-7-5-6-9-20(11-13)16(21)22-17(2,3)4/h8,10,12-13,19H,5-7,9,11H2,1-4H3. The number of nitrogens with zero attached hydrogens (tertiary/aromatic N) is 1. The van der Waals surface area contributed by atoms with Gasteiger partial charge in [-0.1, -0.05) is 6.42 Å². The summed E-state index contributed by atoms with van der Waals surface area (Å²) in [6.07, 6.45) is 3.06. The zero-order valence-electron chi connectivity index (χ0n) is 14.4. The van der Waals surface area contributed by atoms with Crippen molar-refractivity contribution in [3.63, 3.8) is 0 Å². The molecule has 0 aliphatic carbocycles. The van der Waals surface area contributed by atoms with Crippen LogP contribution in [0.3, 0.4) is 0 Å². The highest BCUT2D eigenvalue weighted by molar-refractivity contribution is 9.10. The Hall–Kier alpha value is -0.590. The fourth-order valence-electron chi connectivity index (χ4n) is 2.81. The lowest BCUT2D eigenvalue weighted by Gasteiger charge is -2.29. The summed E-state index contributed by atoms with van der Waals surface area (Å²) in [4.78, 5) is 15.5. The molecule has 2 unspecified atom stereocenters. The van der Waals surface area contributed by atoms with Gasteiger partial charge in [-0.3, -0.25) is 0 Å². The molecule has 1 aliphatic rings. The first-order chi connectivity index (χ1) is 10.8. The molecule has 4 nitrogen and oxygen atoms in total. The summed E-state index contributed by atoms with van der Waals surface area (Å²) in [6, 6.07) is 2.65. The third-order valence-electron chi connectivity index (χ3n) is 3.85. The topological polar surface area (TPSA) is 41.6 Å². The Labute approximate surface area is 151 Å². The number of nitrogens with one attached hydrogen (secondary N) is 1. The van der Waals surface area contributed by atoms with Crippen LogP contribution in [0.4, 0.5) is 4.79 Å². The number of hydrogen-bond acceptors (Lipinski definition) is 4. The van der Waals surface area contributed by atoms with Gasteiger partial charge >= 0.3 is 6.09 Å². The van der Waals surface area contributed by atoms with Crippen molar-refractivity contribution in [1.82, 2.24) is 10.2 Å². The van der Waals surface area contributed by atoms with Gasteiger partial charge in [-0.05, 0) is 67.9 Å². The van der Waals surface area contributed by atoms with Gasteiger partial charge in [0.15, 0.2) is 0 Å². The maximum Gasteiger partial charge on any atom is 0.410 e. The van der Waals surface area contributed by atoms with Crippen LogP contribution in [0, 0.1) is 0 Å². The number of ether oxygens (including phenoxy) is 1. The summed E-state index contributed by atoms with van der Waals surface area (Å²) in [5.74, 6) is 0. The van der Waals surface area contributed by atoms with E-state index in [2.05, 4.69) is 39.6 Å². The van der Waals surface area contributed by atoms with Crippen LogP contribution in [0.15, 0.2) is 15.9 Å². The predicted molar refractivity (Wildman–Crippen MR) is 99.0 cm³/mol. The van der Waals surface area contributed by atoms with Crippen LogP contribution in [-0.2, 0) is 4.74 Å². The molecule has 0 aromatic carbocycles. The van der Waals surface area contributed by atoms with Gasteiger partial charge in [-0.2, -0.15) is 0 Å². The zero-order chi connectivity index (χ0) is 17.0. The normalized spacial score (nSPS) is 20.9. The Bertz CT molecular complexity index is 527. The van der Waals surface area contributed by atoms with Gasteiger partial charge in [0.1, 0.15) is 5.60 Å². The Morgan fingerprint density at radius 3 is 2.83 bits per heavy atom. The van der Waals surface area contributed by atoms with Crippen molar-refractivity contribution in [2.24, 2.45) is 0 Å². The summed E-state index contributed by atoms with van der Waals surface area (Å²) < 4.78 is 6.68. The van der Waals surface area contributed by atoms with Crippen LogP contribution in [0.2, 0.25) is 0 Å². The molecule has 1 aromatic heterocycles. The Kier molecular flexibility index (Phi) is 6.51. The van der Waals surface area contributed by atoms with Crippen molar-refractivity contribution in [2.45, 2.75) is 64.6 Å². The lowest BCUT2D eigenvalue weighted by molar-refractivity contribution is 0.0242. The lowest BCUT2D eigenvalue weighted by Crippen LogP contribution is -2.45. The molecule has 1 fully saturated rings. The van der Waals surface area contributed by atoms with Crippen LogP contribution in [0.25, 0.3) is 0 Å². The smallest absolute Gasteiger partial charge is 0.410 e. The molecule has 0 saturated carbocycles. The van der Waals surface area contributed by atoms with Crippen molar-refractivity contribution in [1.29, 1.82) is 0 Å². The Balaban J connectivity index is 1.96. The van der Waals surface area contributed by atoms with E-state index in [0.29, 0.717) is 12.6 Å². The molecular weight excluding hydrogens is 376 g/mol. The molecule has 0 radical (unpaired) electrons. The van der Waals surface area contributed by atoms with Crippen molar-refractivity contribution < 1.29 is 9.53 Å². The summed E-state index contributed by atoms with van der Waals surface area (Å²) >= 11 is 5.35. The molecule has 1 aromatic rings. The van der Waals surface area contributed by atoms with E-state index in [9.17, 15) is 4.79 Å². The van der Waals surface area contributed by atoms with Gasteiger partial charge in [0.05, 0.1) is 0 Å². The molecule has 1 N–H and O–H groups in total. The van der Waals surface area contributed by atoms with E-state index in [1.54, 1.807) is 11.3 Å². The molecule has 1 saturated heterocycles. The molecule has 23 heavy (non-hydrogen) atoms. The monoisotopic (exact) mass is 402 g/mol. The van der Waals surface area contributed by atoms with Gasteiger partial charge in [-0.15, -0.1) is 11.3 Å². The second kappa shape index (κ2) is 7.99. The van der Waals surface area contributed by atoms with Crippen LogP contribution < -0.4 is 5.32 Å². The largest absolute Gasteiger partial charge is 0.444 e. The Morgan fingerprint density at radius 1 is 1.48 bits per heavy atom. The Morgan fingerprint density at radius 2 is 2.22 bits per heavy atom. The quantitative estimate of drug-likeness (QED) is 0.777. The van der Waals surface area contributed by atoms with Gasteiger partial charge < -0.3 is 15.0 Å². The number of likely N-dealkylation sites (tertiary alicyclic amines) is 1. The SMILES string of the molecule is CC(NC1CCCCN(C(=O)OC(C)(C)C)C1)c1sccc1Br. The number of thiophene rings is 1. The highest BCUT2D eigenvalue weighted by Gasteiger charge is 2.27. The summed E-state index contributed by atoms with van der Waals surface area (Å²) in [7, 11) is 0. The highest BCUT2D eigenvalue weighted by Crippen LogP contribution is 2.29. The first-order valence-corrected chi connectivity index (χ1v) is 9.90. The molecule has 2 heterocycles. The van der Waals surface area contributed by atoms with E-state index >= 15 is 0 Å². The van der Waals surface area contributed by atoms with E-state index in [0.717, 1.165) is 30.3 Å².